The average molecular weight is 266 g/mol. The fourth-order valence-electron chi connectivity index (χ4n) is 1.88. The van der Waals surface area contributed by atoms with Crippen LogP contribution in [-0.2, 0) is 0 Å². The van der Waals surface area contributed by atoms with E-state index in [1.54, 1.807) is 0 Å². The van der Waals surface area contributed by atoms with Crippen molar-refractivity contribution < 1.29 is 0 Å². The van der Waals surface area contributed by atoms with Crippen LogP contribution in [-0.4, -0.2) is 6.54 Å². The standard InChI is InChI=1S/C13H16BrN/c14-13-9-5-4-6-11(13)10-15-12-7-2-1-3-8-12/h1-3,7-8,15H,4-6,9-10H2. The molecule has 1 nitrogen and oxygen atoms in total. The first-order chi connectivity index (χ1) is 7.36. The van der Waals surface area contributed by atoms with Crippen molar-refractivity contribution in [1.29, 1.82) is 0 Å². The van der Waals surface area contributed by atoms with Crippen molar-refractivity contribution in [2.24, 2.45) is 0 Å². The summed E-state index contributed by atoms with van der Waals surface area (Å²) in [4.78, 5) is 0. The van der Waals surface area contributed by atoms with Gasteiger partial charge in [-0.1, -0.05) is 34.1 Å². The van der Waals surface area contributed by atoms with Crippen molar-refractivity contribution >= 4 is 21.6 Å². The fraction of sp³-hybridized carbons (Fsp3) is 0.385. The SMILES string of the molecule is BrC1=C(CNc2ccccc2)CCCC1. The molecule has 0 radical (unpaired) electrons. The molecule has 0 spiro atoms. The quantitative estimate of drug-likeness (QED) is 0.859. The van der Waals surface area contributed by atoms with Gasteiger partial charge >= 0.3 is 0 Å². The number of nitrogens with one attached hydrogen (secondary N) is 1. The van der Waals surface area contributed by atoms with Gasteiger partial charge in [-0.05, 0) is 47.9 Å². The highest BCUT2D eigenvalue weighted by Crippen LogP contribution is 2.28. The van der Waals surface area contributed by atoms with Gasteiger partial charge in [0.05, 0.1) is 0 Å². The molecule has 1 aromatic rings. The van der Waals surface area contributed by atoms with Crippen LogP contribution in [0.3, 0.4) is 0 Å². The summed E-state index contributed by atoms with van der Waals surface area (Å²) < 4.78 is 1.41. The Bertz CT molecular complexity index is 343. The molecular weight excluding hydrogens is 250 g/mol. The Hall–Kier alpha value is -0.760. The van der Waals surface area contributed by atoms with E-state index in [0.29, 0.717) is 0 Å². The molecule has 1 aromatic carbocycles. The maximum absolute atomic E-state index is 3.67. The zero-order valence-electron chi connectivity index (χ0n) is 8.80. The van der Waals surface area contributed by atoms with Crippen LogP contribution in [0.1, 0.15) is 25.7 Å². The molecule has 0 aliphatic heterocycles. The first-order valence-corrected chi connectivity index (χ1v) is 6.31. The largest absolute Gasteiger partial charge is 0.381 e. The topological polar surface area (TPSA) is 12.0 Å². The van der Waals surface area contributed by atoms with E-state index < -0.39 is 0 Å². The molecule has 0 amide bonds. The van der Waals surface area contributed by atoms with Gasteiger partial charge in [0.25, 0.3) is 0 Å². The normalized spacial score (nSPS) is 16.6. The highest BCUT2D eigenvalue weighted by atomic mass is 79.9. The summed E-state index contributed by atoms with van der Waals surface area (Å²) in [5.74, 6) is 0. The monoisotopic (exact) mass is 265 g/mol. The molecule has 1 aliphatic carbocycles. The minimum absolute atomic E-state index is 0.977. The highest BCUT2D eigenvalue weighted by Gasteiger charge is 2.09. The molecule has 1 N–H and O–H groups in total. The molecule has 0 atom stereocenters. The highest BCUT2D eigenvalue weighted by molar-refractivity contribution is 9.11. The third kappa shape index (κ3) is 3.10. The summed E-state index contributed by atoms with van der Waals surface area (Å²) in [5.41, 5.74) is 2.74. The second-order valence-electron chi connectivity index (χ2n) is 3.94. The minimum Gasteiger partial charge on any atom is -0.381 e. The molecule has 0 saturated heterocycles. The second kappa shape index (κ2) is 5.36. The Kier molecular flexibility index (Phi) is 3.84. The first kappa shape index (κ1) is 10.7. The van der Waals surface area contributed by atoms with Gasteiger partial charge < -0.3 is 5.32 Å². The molecule has 0 bridgehead atoms. The van der Waals surface area contributed by atoms with Gasteiger partial charge in [-0.25, -0.2) is 0 Å². The number of hydrogen-bond acceptors (Lipinski definition) is 1. The Morgan fingerprint density at radius 1 is 1.07 bits per heavy atom. The van der Waals surface area contributed by atoms with Crippen molar-refractivity contribution in [3.63, 3.8) is 0 Å². The van der Waals surface area contributed by atoms with Crippen LogP contribution >= 0.6 is 15.9 Å². The van der Waals surface area contributed by atoms with E-state index in [9.17, 15) is 0 Å². The van der Waals surface area contributed by atoms with Crippen LogP contribution in [0.15, 0.2) is 40.4 Å². The van der Waals surface area contributed by atoms with Gasteiger partial charge in [0.2, 0.25) is 0 Å². The molecule has 15 heavy (non-hydrogen) atoms. The van der Waals surface area contributed by atoms with Crippen LogP contribution in [0.4, 0.5) is 5.69 Å². The summed E-state index contributed by atoms with van der Waals surface area (Å²) in [6.45, 7) is 0.977. The second-order valence-corrected chi connectivity index (χ2v) is 4.89. The third-order valence-corrected chi connectivity index (χ3v) is 3.75. The Labute approximate surface area is 99.7 Å². The van der Waals surface area contributed by atoms with Gasteiger partial charge in [-0.15, -0.1) is 0 Å². The van der Waals surface area contributed by atoms with Crippen molar-refractivity contribution in [1.82, 2.24) is 0 Å². The number of rotatable bonds is 3. The van der Waals surface area contributed by atoms with Gasteiger partial charge in [-0.2, -0.15) is 0 Å². The third-order valence-electron chi connectivity index (χ3n) is 2.79. The maximum Gasteiger partial charge on any atom is 0.0371 e. The first-order valence-electron chi connectivity index (χ1n) is 5.51. The van der Waals surface area contributed by atoms with E-state index in [0.717, 1.165) is 6.54 Å². The van der Waals surface area contributed by atoms with Crippen LogP contribution in [0, 0.1) is 0 Å². The summed E-state index contributed by atoms with van der Waals surface area (Å²) in [7, 11) is 0. The molecule has 0 unspecified atom stereocenters. The lowest BCUT2D eigenvalue weighted by molar-refractivity contribution is 0.690. The van der Waals surface area contributed by atoms with Crippen LogP contribution in [0.25, 0.3) is 0 Å². The molecule has 1 aliphatic rings. The number of halogens is 1. The van der Waals surface area contributed by atoms with Crippen molar-refractivity contribution in [3.8, 4) is 0 Å². The molecule has 0 heterocycles. The molecular formula is C13H16BrN. The smallest absolute Gasteiger partial charge is 0.0371 e. The van der Waals surface area contributed by atoms with Crippen molar-refractivity contribution in [2.45, 2.75) is 25.7 Å². The lowest BCUT2D eigenvalue weighted by atomic mass is 9.99. The number of anilines is 1. The fourth-order valence-corrected chi connectivity index (χ4v) is 2.50. The average Bonchev–Trinajstić information content (AvgIpc) is 2.29. The van der Waals surface area contributed by atoms with Crippen molar-refractivity contribution in [2.75, 3.05) is 11.9 Å². The van der Waals surface area contributed by atoms with Gasteiger partial charge in [0, 0.05) is 12.2 Å². The predicted molar refractivity (Wildman–Crippen MR) is 69.4 cm³/mol. The Morgan fingerprint density at radius 2 is 1.80 bits per heavy atom. The molecule has 0 saturated carbocycles. The van der Waals surface area contributed by atoms with Crippen LogP contribution < -0.4 is 5.32 Å². The molecule has 2 rings (SSSR count). The number of para-hydroxylation sites is 1. The van der Waals surface area contributed by atoms with E-state index in [2.05, 4.69) is 45.5 Å². The van der Waals surface area contributed by atoms with E-state index in [1.807, 2.05) is 6.07 Å². The predicted octanol–water partition coefficient (Wildman–Crippen LogP) is 4.32. The number of hydrogen-bond donors (Lipinski definition) is 1. The number of benzene rings is 1. The lowest BCUT2D eigenvalue weighted by Gasteiger charge is -2.17. The number of allylic oxidation sites excluding steroid dienone is 1. The zero-order valence-corrected chi connectivity index (χ0v) is 10.4. The summed E-state index contributed by atoms with van der Waals surface area (Å²) in [6.07, 6.45) is 5.11. The van der Waals surface area contributed by atoms with Gasteiger partial charge in [0.1, 0.15) is 0 Å². The van der Waals surface area contributed by atoms with Gasteiger partial charge in [-0.3, -0.25) is 0 Å². The maximum atomic E-state index is 3.67. The van der Waals surface area contributed by atoms with E-state index >= 15 is 0 Å². The van der Waals surface area contributed by atoms with Crippen molar-refractivity contribution in [3.05, 3.63) is 40.4 Å². The Morgan fingerprint density at radius 3 is 2.53 bits per heavy atom. The van der Waals surface area contributed by atoms with E-state index in [1.165, 1.54) is 41.4 Å². The van der Waals surface area contributed by atoms with Gasteiger partial charge in [0.15, 0.2) is 0 Å². The molecule has 0 fully saturated rings. The zero-order chi connectivity index (χ0) is 10.5. The summed E-state index contributed by atoms with van der Waals surface area (Å²) in [5, 5.41) is 3.46. The lowest BCUT2D eigenvalue weighted by Crippen LogP contribution is -2.08. The molecule has 2 heteroatoms. The Balaban J connectivity index is 1.93. The molecule has 0 aromatic heterocycles. The molecule has 80 valence electrons. The van der Waals surface area contributed by atoms with E-state index in [4.69, 9.17) is 0 Å². The summed E-state index contributed by atoms with van der Waals surface area (Å²) >= 11 is 3.67. The van der Waals surface area contributed by atoms with E-state index in [-0.39, 0.29) is 0 Å². The summed E-state index contributed by atoms with van der Waals surface area (Å²) in [6, 6.07) is 10.4. The van der Waals surface area contributed by atoms with Crippen LogP contribution in [0.5, 0.6) is 0 Å². The van der Waals surface area contributed by atoms with Crippen LogP contribution in [0.2, 0.25) is 0 Å². The minimum atomic E-state index is 0.977.